The van der Waals surface area contributed by atoms with E-state index in [9.17, 15) is 0 Å². The van der Waals surface area contributed by atoms with E-state index >= 15 is 0 Å². The molecule has 0 amide bonds. The molecule has 1 aliphatic carbocycles. The zero-order valence-corrected chi connectivity index (χ0v) is 19.2. The fraction of sp³-hybridized carbons (Fsp3) is 0.478. The number of aryl methyl sites for hydroxylation is 2. The van der Waals surface area contributed by atoms with Crippen LogP contribution in [0, 0.1) is 18.8 Å². The molecule has 3 heterocycles. The first kappa shape index (κ1) is 21.0. The zero-order valence-electron chi connectivity index (χ0n) is 18.4. The van der Waals surface area contributed by atoms with Gasteiger partial charge in [-0.3, -0.25) is 0 Å². The topological polar surface area (TPSA) is 81.0 Å². The highest BCUT2D eigenvalue weighted by Gasteiger charge is 2.43. The predicted molar refractivity (Wildman–Crippen MR) is 124 cm³/mol. The molecule has 1 aromatic carbocycles. The Balaban J connectivity index is 1.31. The third kappa shape index (κ3) is 4.37. The highest BCUT2D eigenvalue weighted by atomic mass is 35.5. The first-order valence-electron chi connectivity index (χ1n) is 11.3. The average Bonchev–Trinajstić information content (AvgIpc) is 3.23. The molecule has 2 atom stereocenters. The predicted octanol–water partition coefficient (Wildman–Crippen LogP) is 4.56. The molecule has 8 nitrogen and oxygen atoms in total. The molecule has 1 saturated heterocycles. The maximum atomic E-state index is 6.10. The summed E-state index contributed by atoms with van der Waals surface area (Å²) in [5, 5.41) is 8.96. The fourth-order valence-corrected chi connectivity index (χ4v) is 5.05. The quantitative estimate of drug-likeness (QED) is 0.561. The molecule has 0 radical (unpaired) electrons. The minimum absolute atomic E-state index is 0.352. The van der Waals surface area contributed by atoms with Gasteiger partial charge in [-0.15, -0.1) is 5.10 Å². The molecule has 3 aromatic rings. The molecule has 2 unspecified atom stereocenters. The van der Waals surface area contributed by atoms with Gasteiger partial charge in [0.05, 0.1) is 0 Å². The van der Waals surface area contributed by atoms with Gasteiger partial charge >= 0.3 is 6.01 Å². The van der Waals surface area contributed by atoms with E-state index in [-0.39, 0.29) is 0 Å². The monoisotopic (exact) mass is 453 g/mol. The summed E-state index contributed by atoms with van der Waals surface area (Å²) in [6.07, 6.45) is 4.99. The van der Waals surface area contributed by atoms with Gasteiger partial charge in [-0.2, -0.15) is 4.98 Å². The number of fused-ring (bicyclic) bond motifs is 2. The molecule has 2 aromatic heterocycles. The Bertz CT molecular complexity index is 1070. The molecule has 2 bridgehead atoms. The summed E-state index contributed by atoms with van der Waals surface area (Å²) in [6.45, 7) is 6.82. The van der Waals surface area contributed by atoms with Gasteiger partial charge in [0.1, 0.15) is 17.9 Å². The summed E-state index contributed by atoms with van der Waals surface area (Å²) >= 11 is 6.10. The van der Waals surface area contributed by atoms with Gasteiger partial charge in [-0.1, -0.05) is 24.6 Å². The summed E-state index contributed by atoms with van der Waals surface area (Å²) in [5.74, 6) is 3.36. The average molecular weight is 454 g/mol. The Morgan fingerprint density at radius 2 is 1.97 bits per heavy atom. The molecule has 5 rings (SSSR count). The molecule has 9 heteroatoms. The van der Waals surface area contributed by atoms with E-state index in [0.717, 1.165) is 37.6 Å². The van der Waals surface area contributed by atoms with Gasteiger partial charge in [0.25, 0.3) is 0 Å². The molecule has 1 aliphatic heterocycles. The number of nitrogens with zero attached hydrogens (tertiary/aromatic N) is 6. The second kappa shape index (κ2) is 8.94. The minimum atomic E-state index is 0.352. The van der Waals surface area contributed by atoms with Crippen molar-refractivity contribution in [2.24, 2.45) is 11.8 Å². The van der Waals surface area contributed by atoms with Crippen LogP contribution < -0.4 is 15.0 Å². The number of piperidine rings is 1. The smallest absolute Gasteiger partial charge is 0.322 e. The lowest BCUT2D eigenvalue weighted by atomic mass is 9.92. The van der Waals surface area contributed by atoms with Crippen LogP contribution in [-0.4, -0.2) is 43.9 Å². The van der Waals surface area contributed by atoms with Crippen LogP contribution in [0.4, 0.5) is 11.8 Å². The second-order valence-corrected chi connectivity index (χ2v) is 9.13. The van der Waals surface area contributed by atoms with Gasteiger partial charge in [0.15, 0.2) is 0 Å². The Morgan fingerprint density at radius 3 is 2.69 bits per heavy atom. The standard InChI is InChI=1S/C23H28ClN7O/c1-3-9-31-23(32-19-6-4-5-18(24)11-19)28-22(29-31)27-21-16-7-8-17(21)13-30(12-16)20-10-15(2)25-14-26-20/h4-6,10-11,14,16-17,21H,3,7-9,12-13H2,1-2H3,(H,27,29). The number of anilines is 2. The third-order valence-electron chi connectivity index (χ3n) is 6.32. The fourth-order valence-electron chi connectivity index (χ4n) is 4.87. The Kier molecular flexibility index (Phi) is 5.87. The van der Waals surface area contributed by atoms with Gasteiger partial charge in [-0.05, 0) is 56.2 Å². The molecule has 32 heavy (non-hydrogen) atoms. The minimum Gasteiger partial charge on any atom is -0.424 e. The lowest BCUT2D eigenvalue weighted by Crippen LogP contribution is -2.48. The second-order valence-electron chi connectivity index (χ2n) is 8.69. The molecule has 2 fully saturated rings. The van der Waals surface area contributed by atoms with Gasteiger partial charge in [0, 0.05) is 42.5 Å². The Morgan fingerprint density at radius 1 is 1.16 bits per heavy atom. The zero-order chi connectivity index (χ0) is 22.1. The van der Waals surface area contributed by atoms with Crippen molar-refractivity contribution in [2.75, 3.05) is 23.3 Å². The molecule has 0 spiro atoms. The van der Waals surface area contributed by atoms with Crippen LogP contribution in [0.1, 0.15) is 31.9 Å². The van der Waals surface area contributed by atoms with Crippen molar-refractivity contribution in [1.29, 1.82) is 0 Å². The summed E-state index contributed by atoms with van der Waals surface area (Å²) in [5.41, 5.74) is 1.00. The molecule has 1 N–H and O–H groups in total. The lowest BCUT2D eigenvalue weighted by Gasteiger charge is -2.38. The summed E-state index contributed by atoms with van der Waals surface area (Å²) in [4.78, 5) is 15.8. The lowest BCUT2D eigenvalue weighted by molar-refractivity contribution is 0.374. The van der Waals surface area contributed by atoms with Crippen LogP contribution >= 0.6 is 11.6 Å². The number of ether oxygens (including phenoxy) is 1. The molecular weight excluding hydrogens is 426 g/mol. The van der Waals surface area contributed by atoms with E-state index in [0.29, 0.717) is 40.6 Å². The largest absolute Gasteiger partial charge is 0.424 e. The van der Waals surface area contributed by atoms with E-state index in [1.54, 1.807) is 12.4 Å². The molecular formula is C23H28ClN7O. The van der Waals surface area contributed by atoms with E-state index < -0.39 is 0 Å². The maximum absolute atomic E-state index is 6.10. The number of hydrogen-bond donors (Lipinski definition) is 1. The van der Waals surface area contributed by atoms with Gasteiger partial charge in [0.2, 0.25) is 5.95 Å². The third-order valence-corrected chi connectivity index (χ3v) is 6.56. The van der Waals surface area contributed by atoms with Crippen molar-refractivity contribution in [3.8, 4) is 11.8 Å². The number of benzene rings is 1. The van der Waals surface area contributed by atoms with Gasteiger partial charge < -0.3 is 15.0 Å². The van der Waals surface area contributed by atoms with Crippen molar-refractivity contribution in [3.63, 3.8) is 0 Å². The van der Waals surface area contributed by atoms with Crippen LogP contribution in [-0.2, 0) is 6.54 Å². The molecule has 2 aliphatic rings. The van der Waals surface area contributed by atoms with Crippen molar-refractivity contribution in [2.45, 2.75) is 45.7 Å². The van der Waals surface area contributed by atoms with Crippen molar-refractivity contribution >= 4 is 23.4 Å². The first-order chi connectivity index (χ1) is 15.6. The highest BCUT2D eigenvalue weighted by Crippen LogP contribution is 2.39. The summed E-state index contributed by atoms with van der Waals surface area (Å²) < 4.78 is 7.83. The van der Waals surface area contributed by atoms with Crippen LogP contribution in [0.2, 0.25) is 5.02 Å². The van der Waals surface area contributed by atoms with Crippen LogP contribution in [0.15, 0.2) is 36.7 Å². The number of halogens is 1. The number of rotatable bonds is 7. The first-order valence-corrected chi connectivity index (χ1v) is 11.6. The summed E-state index contributed by atoms with van der Waals surface area (Å²) in [6, 6.07) is 10.2. The number of aromatic nitrogens is 5. The number of hydrogen-bond acceptors (Lipinski definition) is 7. The summed E-state index contributed by atoms with van der Waals surface area (Å²) in [7, 11) is 0. The highest BCUT2D eigenvalue weighted by molar-refractivity contribution is 6.30. The van der Waals surface area contributed by atoms with E-state index in [1.807, 2.05) is 29.8 Å². The molecule has 1 saturated carbocycles. The normalized spacial score (nSPS) is 22.2. The van der Waals surface area contributed by atoms with Gasteiger partial charge in [-0.25, -0.2) is 14.6 Å². The number of nitrogens with one attached hydrogen (secondary N) is 1. The van der Waals surface area contributed by atoms with Crippen molar-refractivity contribution in [1.82, 2.24) is 24.7 Å². The van der Waals surface area contributed by atoms with E-state index in [4.69, 9.17) is 21.4 Å². The molecule has 168 valence electrons. The SMILES string of the molecule is CCCn1nc(NC2C3CCC2CN(c2cc(C)ncn2)C3)nc1Oc1cccc(Cl)c1. The van der Waals surface area contributed by atoms with Crippen molar-refractivity contribution < 1.29 is 4.74 Å². The van der Waals surface area contributed by atoms with Crippen molar-refractivity contribution in [3.05, 3.63) is 47.4 Å². The maximum Gasteiger partial charge on any atom is 0.322 e. The Labute approximate surface area is 193 Å². The Hall–Kier alpha value is -2.87. The van der Waals surface area contributed by atoms with E-state index in [1.165, 1.54) is 12.8 Å². The van der Waals surface area contributed by atoms with Crippen LogP contribution in [0.3, 0.4) is 0 Å². The van der Waals surface area contributed by atoms with E-state index in [2.05, 4.69) is 38.2 Å². The van der Waals surface area contributed by atoms with Crippen LogP contribution in [0.25, 0.3) is 0 Å². The van der Waals surface area contributed by atoms with Crippen LogP contribution in [0.5, 0.6) is 11.8 Å².